The number of carbonyl (C=O) groups is 2. The van der Waals surface area contributed by atoms with E-state index in [0.717, 1.165) is 6.07 Å². The molecule has 10 heteroatoms. The summed E-state index contributed by atoms with van der Waals surface area (Å²) < 4.78 is 39.0. The molecule has 3 rings (SSSR count). The van der Waals surface area contributed by atoms with E-state index in [9.17, 15) is 22.8 Å². The van der Waals surface area contributed by atoms with Crippen LogP contribution in [0.1, 0.15) is 12.0 Å². The SMILES string of the molecule is O=C(NNc1ccccc1C(F)(F)F)[C@@H]1CCN(c2cc(Cl)ccc2Cl)C1=O. The zero-order chi connectivity index (χ0) is 20.5. The van der Waals surface area contributed by atoms with Crippen molar-refractivity contribution in [3.05, 3.63) is 58.1 Å². The van der Waals surface area contributed by atoms with Crippen molar-refractivity contribution in [2.45, 2.75) is 12.6 Å². The van der Waals surface area contributed by atoms with Crippen molar-refractivity contribution in [1.82, 2.24) is 5.43 Å². The Hall–Kier alpha value is -2.45. The normalized spacial score (nSPS) is 17.0. The fourth-order valence-corrected chi connectivity index (χ4v) is 3.30. The molecule has 0 spiro atoms. The van der Waals surface area contributed by atoms with E-state index in [1.165, 1.54) is 35.2 Å². The summed E-state index contributed by atoms with van der Waals surface area (Å²) >= 11 is 12.0. The molecule has 2 N–H and O–H groups in total. The predicted octanol–water partition coefficient (Wildman–Crippen LogP) is 4.51. The number of amides is 2. The molecule has 28 heavy (non-hydrogen) atoms. The van der Waals surface area contributed by atoms with Crippen LogP contribution in [-0.4, -0.2) is 18.4 Å². The maximum Gasteiger partial charge on any atom is 0.418 e. The van der Waals surface area contributed by atoms with Crippen LogP contribution in [0.25, 0.3) is 0 Å². The second-order valence-corrected chi connectivity index (χ2v) is 6.93. The lowest BCUT2D eigenvalue weighted by Crippen LogP contribution is -2.39. The van der Waals surface area contributed by atoms with Gasteiger partial charge in [0.2, 0.25) is 5.91 Å². The number of nitrogens with one attached hydrogen (secondary N) is 2. The molecule has 0 aromatic heterocycles. The van der Waals surface area contributed by atoms with Crippen molar-refractivity contribution >= 4 is 46.4 Å². The number of halogens is 5. The Morgan fingerprint density at radius 1 is 1.14 bits per heavy atom. The van der Waals surface area contributed by atoms with E-state index in [2.05, 4.69) is 10.9 Å². The molecule has 1 heterocycles. The highest BCUT2D eigenvalue weighted by Gasteiger charge is 2.39. The van der Waals surface area contributed by atoms with Crippen molar-refractivity contribution in [3.8, 4) is 0 Å². The molecule has 0 saturated carbocycles. The number of carbonyl (C=O) groups excluding carboxylic acids is 2. The van der Waals surface area contributed by atoms with Gasteiger partial charge in [-0.25, -0.2) is 0 Å². The fraction of sp³-hybridized carbons (Fsp3) is 0.222. The van der Waals surface area contributed by atoms with Gasteiger partial charge in [0, 0.05) is 11.6 Å². The molecular weight excluding hydrogens is 418 g/mol. The second kappa shape index (κ2) is 7.89. The standard InChI is InChI=1S/C18H14Cl2F3N3O2/c19-10-5-6-13(20)15(9-10)26-8-7-11(17(26)28)16(27)25-24-14-4-2-1-3-12(14)18(21,22)23/h1-6,9,11,24H,7-8H2,(H,25,27)/t11-/m0/s1. The lowest BCUT2D eigenvalue weighted by Gasteiger charge is -2.19. The monoisotopic (exact) mass is 431 g/mol. The largest absolute Gasteiger partial charge is 0.418 e. The molecule has 2 amide bonds. The van der Waals surface area contributed by atoms with Gasteiger partial charge in [0.15, 0.2) is 0 Å². The molecule has 0 bridgehead atoms. The Balaban J connectivity index is 1.70. The number of benzene rings is 2. The molecule has 2 aromatic carbocycles. The lowest BCUT2D eigenvalue weighted by atomic mass is 10.1. The summed E-state index contributed by atoms with van der Waals surface area (Å²) in [5, 5.41) is 0.682. The number of nitrogens with zero attached hydrogens (tertiary/aromatic N) is 1. The van der Waals surface area contributed by atoms with E-state index in [-0.39, 0.29) is 18.7 Å². The van der Waals surface area contributed by atoms with Gasteiger partial charge in [-0.15, -0.1) is 0 Å². The Bertz CT molecular complexity index is 921. The number of alkyl halides is 3. The van der Waals surface area contributed by atoms with Crippen molar-refractivity contribution in [2.24, 2.45) is 5.92 Å². The van der Waals surface area contributed by atoms with Gasteiger partial charge in [-0.05, 0) is 36.8 Å². The summed E-state index contributed by atoms with van der Waals surface area (Å²) in [5.41, 5.74) is 3.57. The molecule has 1 fully saturated rings. The first-order valence-corrected chi connectivity index (χ1v) is 8.92. The Morgan fingerprint density at radius 2 is 1.86 bits per heavy atom. The highest BCUT2D eigenvalue weighted by atomic mass is 35.5. The first kappa shape index (κ1) is 20.3. The summed E-state index contributed by atoms with van der Waals surface area (Å²) in [7, 11) is 0. The van der Waals surface area contributed by atoms with Crippen molar-refractivity contribution in [3.63, 3.8) is 0 Å². The Labute approximate surface area is 168 Å². The van der Waals surface area contributed by atoms with E-state index in [4.69, 9.17) is 23.2 Å². The second-order valence-electron chi connectivity index (χ2n) is 6.08. The summed E-state index contributed by atoms with van der Waals surface area (Å²) in [6, 6.07) is 9.32. The number of hydrogen-bond acceptors (Lipinski definition) is 3. The van der Waals surface area contributed by atoms with E-state index in [0.29, 0.717) is 15.7 Å². The van der Waals surface area contributed by atoms with Crippen LogP contribution in [0.4, 0.5) is 24.5 Å². The van der Waals surface area contributed by atoms with Crippen LogP contribution in [-0.2, 0) is 15.8 Å². The molecule has 148 valence electrons. The first-order chi connectivity index (χ1) is 13.2. The molecule has 0 aliphatic carbocycles. The number of anilines is 2. The van der Waals surface area contributed by atoms with E-state index >= 15 is 0 Å². The van der Waals surface area contributed by atoms with Crippen LogP contribution in [0.15, 0.2) is 42.5 Å². The number of hydrazine groups is 1. The third-order valence-corrected chi connectivity index (χ3v) is 4.83. The van der Waals surface area contributed by atoms with Crippen molar-refractivity contribution in [1.29, 1.82) is 0 Å². The number of hydrogen-bond donors (Lipinski definition) is 2. The van der Waals surface area contributed by atoms with E-state index in [1.54, 1.807) is 6.07 Å². The Kier molecular flexibility index (Phi) is 5.71. The van der Waals surface area contributed by atoms with Gasteiger partial charge < -0.3 is 4.90 Å². The number of rotatable bonds is 4. The minimum absolute atomic E-state index is 0.191. The van der Waals surface area contributed by atoms with Crippen molar-refractivity contribution in [2.75, 3.05) is 16.9 Å². The third kappa shape index (κ3) is 4.18. The molecular formula is C18H14Cl2F3N3O2. The maximum atomic E-state index is 13.0. The molecule has 0 radical (unpaired) electrons. The summed E-state index contributed by atoms with van der Waals surface area (Å²) in [6.07, 6.45) is -4.40. The minimum atomic E-state index is -4.59. The van der Waals surface area contributed by atoms with Gasteiger partial charge in [-0.1, -0.05) is 35.3 Å². The maximum absolute atomic E-state index is 13.0. The van der Waals surface area contributed by atoms with Gasteiger partial charge in [0.1, 0.15) is 5.92 Å². The summed E-state index contributed by atoms with van der Waals surface area (Å²) in [5.74, 6) is -2.30. The highest BCUT2D eigenvalue weighted by molar-refractivity contribution is 6.36. The van der Waals surface area contributed by atoms with Crippen LogP contribution < -0.4 is 15.8 Å². The highest BCUT2D eigenvalue weighted by Crippen LogP contribution is 2.35. The zero-order valence-electron chi connectivity index (χ0n) is 14.2. The molecule has 1 saturated heterocycles. The Morgan fingerprint density at radius 3 is 2.57 bits per heavy atom. The van der Waals surface area contributed by atoms with Crippen LogP contribution in [0.5, 0.6) is 0 Å². The van der Waals surface area contributed by atoms with Crippen LogP contribution in [0.2, 0.25) is 10.0 Å². The van der Waals surface area contributed by atoms with E-state index in [1.807, 2.05) is 0 Å². The van der Waals surface area contributed by atoms with Crippen LogP contribution in [0.3, 0.4) is 0 Å². The summed E-state index contributed by atoms with van der Waals surface area (Å²) in [6.45, 7) is 0.232. The molecule has 1 aliphatic heterocycles. The van der Waals surface area contributed by atoms with Gasteiger partial charge >= 0.3 is 6.18 Å². The van der Waals surface area contributed by atoms with Crippen LogP contribution in [0, 0.1) is 5.92 Å². The van der Waals surface area contributed by atoms with Gasteiger partial charge in [0.25, 0.3) is 5.91 Å². The fourth-order valence-electron chi connectivity index (χ4n) is 2.91. The summed E-state index contributed by atoms with van der Waals surface area (Å²) in [4.78, 5) is 26.3. The molecule has 1 atom stereocenters. The molecule has 2 aromatic rings. The lowest BCUT2D eigenvalue weighted by molar-refractivity contribution is -0.137. The van der Waals surface area contributed by atoms with Gasteiger partial charge in [0.05, 0.1) is 22.0 Å². The third-order valence-electron chi connectivity index (χ3n) is 4.27. The number of para-hydroxylation sites is 1. The van der Waals surface area contributed by atoms with Gasteiger partial charge in [-0.3, -0.25) is 20.4 Å². The molecule has 1 aliphatic rings. The predicted molar refractivity (Wildman–Crippen MR) is 100 cm³/mol. The molecule has 5 nitrogen and oxygen atoms in total. The van der Waals surface area contributed by atoms with Crippen LogP contribution >= 0.6 is 23.2 Å². The zero-order valence-corrected chi connectivity index (χ0v) is 15.7. The topological polar surface area (TPSA) is 61.4 Å². The van der Waals surface area contributed by atoms with Gasteiger partial charge in [-0.2, -0.15) is 13.2 Å². The average Bonchev–Trinajstić information content (AvgIpc) is 3.02. The first-order valence-electron chi connectivity index (χ1n) is 8.17. The quantitative estimate of drug-likeness (QED) is 0.552. The molecule has 0 unspecified atom stereocenters. The van der Waals surface area contributed by atoms with Crippen molar-refractivity contribution < 1.29 is 22.8 Å². The smallest absolute Gasteiger partial charge is 0.310 e. The average molecular weight is 432 g/mol. The van der Waals surface area contributed by atoms with E-state index < -0.39 is 29.5 Å². The minimum Gasteiger partial charge on any atom is -0.310 e.